The molecule has 2 rings (SSSR count). The lowest BCUT2D eigenvalue weighted by Gasteiger charge is -2.01. The number of nitrogens with one attached hydrogen (secondary N) is 1. The van der Waals surface area contributed by atoms with E-state index in [2.05, 4.69) is 17.2 Å². The van der Waals surface area contributed by atoms with Crippen molar-refractivity contribution in [2.45, 2.75) is 32.6 Å². The van der Waals surface area contributed by atoms with Gasteiger partial charge in [0, 0.05) is 22.4 Å². The highest BCUT2D eigenvalue weighted by molar-refractivity contribution is 7.14. The second-order valence-corrected chi connectivity index (χ2v) is 5.79. The maximum atomic E-state index is 11.7. The zero-order chi connectivity index (χ0) is 14.4. The molecule has 0 saturated carbocycles. The molecule has 0 aliphatic rings. The van der Waals surface area contributed by atoms with Crippen molar-refractivity contribution >= 4 is 34.0 Å². The molecule has 106 valence electrons. The normalized spacial score (nSPS) is 10.5. The standard InChI is InChI=1S/C15H17ClN2OS/c1-2-3-4-9-14(19)18-15-17-13(10-20-15)11-7-5-6-8-12(11)16/h5-8,10H,2-4,9H2,1H3,(H,17,18,19). The van der Waals surface area contributed by atoms with Gasteiger partial charge in [-0.2, -0.15) is 0 Å². The van der Waals surface area contributed by atoms with Crippen LogP contribution in [-0.2, 0) is 4.79 Å². The van der Waals surface area contributed by atoms with Crippen molar-refractivity contribution in [3.05, 3.63) is 34.7 Å². The lowest BCUT2D eigenvalue weighted by molar-refractivity contribution is -0.116. The molecule has 0 unspecified atom stereocenters. The number of unbranched alkanes of at least 4 members (excludes halogenated alkanes) is 2. The van der Waals surface area contributed by atoms with Gasteiger partial charge < -0.3 is 5.32 Å². The number of nitrogens with zero attached hydrogens (tertiary/aromatic N) is 1. The van der Waals surface area contributed by atoms with E-state index in [-0.39, 0.29) is 5.91 Å². The van der Waals surface area contributed by atoms with E-state index in [9.17, 15) is 4.79 Å². The Morgan fingerprint density at radius 2 is 2.15 bits per heavy atom. The van der Waals surface area contributed by atoms with Crippen molar-refractivity contribution in [3.8, 4) is 11.3 Å². The van der Waals surface area contributed by atoms with Crippen LogP contribution in [0.15, 0.2) is 29.6 Å². The van der Waals surface area contributed by atoms with Crippen LogP contribution in [0.5, 0.6) is 0 Å². The summed E-state index contributed by atoms with van der Waals surface area (Å²) in [4.78, 5) is 16.1. The van der Waals surface area contributed by atoms with Crippen LogP contribution in [0.1, 0.15) is 32.6 Å². The van der Waals surface area contributed by atoms with Gasteiger partial charge in [-0.05, 0) is 12.5 Å². The first-order valence-corrected chi connectivity index (χ1v) is 7.96. The van der Waals surface area contributed by atoms with Gasteiger partial charge in [0.2, 0.25) is 5.91 Å². The first kappa shape index (κ1) is 15.0. The van der Waals surface area contributed by atoms with Crippen LogP contribution in [0.25, 0.3) is 11.3 Å². The highest BCUT2D eigenvalue weighted by atomic mass is 35.5. The number of carbonyl (C=O) groups excluding carboxylic acids is 1. The number of anilines is 1. The molecule has 0 bridgehead atoms. The Morgan fingerprint density at radius 1 is 1.35 bits per heavy atom. The Bertz CT molecular complexity index is 583. The number of carbonyl (C=O) groups is 1. The Kier molecular flexibility index (Phi) is 5.56. The van der Waals surface area contributed by atoms with E-state index in [4.69, 9.17) is 11.6 Å². The van der Waals surface area contributed by atoms with Crippen LogP contribution in [0.3, 0.4) is 0 Å². The van der Waals surface area contributed by atoms with Gasteiger partial charge in [-0.25, -0.2) is 4.98 Å². The Hall–Kier alpha value is -1.39. The number of halogens is 1. The number of hydrogen-bond acceptors (Lipinski definition) is 3. The van der Waals surface area contributed by atoms with Gasteiger partial charge in [0.25, 0.3) is 0 Å². The summed E-state index contributed by atoms with van der Waals surface area (Å²) in [6.45, 7) is 2.12. The number of benzene rings is 1. The van der Waals surface area contributed by atoms with Gasteiger partial charge >= 0.3 is 0 Å². The Labute approximate surface area is 128 Å². The molecule has 3 nitrogen and oxygen atoms in total. The molecule has 1 heterocycles. The minimum absolute atomic E-state index is 0.0264. The van der Waals surface area contributed by atoms with E-state index in [1.54, 1.807) is 0 Å². The van der Waals surface area contributed by atoms with Crippen molar-refractivity contribution in [2.75, 3.05) is 5.32 Å². The minimum Gasteiger partial charge on any atom is -0.302 e. The number of hydrogen-bond donors (Lipinski definition) is 1. The molecule has 2 aromatic rings. The smallest absolute Gasteiger partial charge is 0.226 e. The zero-order valence-corrected chi connectivity index (χ0v) is 12.9. The van der Waals surface area contributed by atoms with Crippen LogP contribution in [0.2, 0.25) is 5.02 Å². The van der Waals surface area contributed by atoms with E-state index in [0.717, 1.165) is 30.5 Å². The van der Waals surface area contributed by atoms with E-state index in [0.29, 0.717) is 16.6 Å². The van der Waals surface area contributed by atoms with E-state index >= 15 is 0 Å². The van der Waals surface area contributed by atoms with Crippen molar-refractivity contribution in [3.63, 3.8) is 0 Å². The van der Waals surface area contributed by atoms with E-state index in [1.165, 1.54) is 11.3 Å². The summed E-state index contributed by atoms with van der Waals surface area (Å²) in [6, 6.07) is 7.56. The van der Waals surface area contributed by atoms with Crippen molar-refractivity contribution in [1.29, 1.82) is 0 Å². The van der Waals surface area contributed by atoms with Gasteiger partial charge in [-0.3, -0.25) is 4.79 Å². The molecule has 0 aliphatic heterocycles. The van der Waals surface area contributed by atoms with Crippen molar-refractivity contribution in [1.82, 2.24) is 4.98 Å². The predicted molar refractivity (Wildman–Crippen MR) is 85.3 cm³/mol. The van der Waals surface area contributed by atoms with Gasteiger partial charge in [-0.15, -0.1) is 11.3 Å². The van der Waals surface area contributed by atoms with Crippen LogP contribution in [0.4, 0.5) is 5.13 Å². The van der Waals surface area contributed by atoms with Crippen molar-refractivity contribution < 1.29 is 4.79 Å². The summed E-state index contributed by atoms with van der Waals surface area (Å²) in [6.07, 6.45) is 3.66. The van der Waals surface area contributed by atoms with E-state index < -0.39 is 0 Å². The molecule has 0 atom stereocenters. The topological polar surface area (TPSA) is 42.0 Å². The molecular formula is C15H17ClN2OS. The molecule has 0 saturated heterocycles. The summed E-state index contributed by atoms with van der Waals surface area (Å²) >= 11 is 7.55. The molecule has 1 aromatic heterocycles. The fraction of sp³-hybridized carbons (Fsp3) is 0.333. The van der Waals surface area contributed by atoms with Gasteiger partial charge in [0.15, 0.2) is 5.13 Å². The molecule has 1 aromatic carbocycles. The average molecular weight is 309 g/mol. The first-order chi connectivity index (χ1) is 9.70. The summed E-state index contributed by atoms with van der Waals surface area (Å²) in [5.74, 6) is 0.0264. The van der Waals surface area contributed by atoms with E-state index in [1.807, 2.05) is 29.6 Å². The number of rotatable bonds is 6. The molecule has 0 spiro atoms. The average Bonchev–Trinajstić information content (AvgIpc) is 2.88. The monoisotopic (exact) mass is 308 g/mol. The molecule has 0 radical (unpaired) electrons. The lowest BCUT2D eigenvalue weighted by atomic mass is 10.2. The summed E-state index contributed by atoms with van der Waals surface area (Å²) in [5.41, 5.74) is 1.68. The first-order valence-electron chi connectivity index (χ1n) is 6.71. The molecule has 1 amide bonds. The quantitative estimate of drug-likeness (QED) is 0.764. The van der Waals surface area contributed by atoms with Gasteiger partial charge in [-0.1, -0.05) is 49.6 Å². The molecule has 20 heavy (non-hydrogen) atoms. The number of thiazole rings is 1. The van der Waals surface area contributed by atoms with Crippen LogP contribution >= 0.6 is 22.9 Å². The molecule has 0 fully saturated rings. The third kappa shape index (κ3) is 4.05. The fourth-order valence-electron chi connectivity index (χ4n) is 1.84. The Morgan fingerprint density at radius 3 is 2.90 bits per heavy atom. The molecule has 0 aliphatic carbocycles. The number of amides is 1. The summed E-state index contributed by atoms with van der Waals surface area (Å²) in [5, 5.41) is 6.03. The third-order valence-corrected chi connectivity index (χ3v) is 4.00. The fourth-order valence-corrected chi connectivity index (χ4v) is 2.80. The maximum Gasteiger partial charge on any atom is 0.226 e. The molecule has 5 heteroatoms. The zero-order valence-electron chi connectivity index (χ0n) is 11.4. The van der Waals surface area contributed by atoms with Gasteiger partial charge in [0.05, 0.1) is 5.69 Å². The largest absolute Gasteiger partial charge is 0.302 e. The summed E-state index contributed by atoms with van der Waals surface area (Å²) in [7, 11) is 0. The molecule has 1 N–H and O–H groups in total. The highest BCUT2D eigenvalue weighted by Gasteiger charge is 2.09. The van der Waals surface area contributed by atoms with Crippen LogP contribution < -0.4 is 5.32 Å². The Balaban J connectivity index is 1.99. The van der Waals surface area contributed by atoms with Crippen molar-refractivity contribution in [2.24, 2.45) is 0 Å². The maximum absolute atomic E-state index is 11.7. The number of aromatic nitrogens is 1. The van der Waals surface area contributed by atoms with Crippen LogP contribution in [0, 0.1) is 0 Å². The minimum atomic E-state index is 0.0264. The lowest BCUT2D eigenvalue weighted by Crippen LogP contribution is -2.10. The third-order valence-electron chi connectivity index (χ3n) is 2.91. The van der Waals surface area contributed by atoms with Crippen LogP contribution in [-0.4, -0.2) is 10.9 Å². The SMILES string of the molecule is CCCCCC(=O)Nc1nc(-c2ccccc2Cl)cs1. The predicted octanol–water partition coefficient (Wildman–Crippen LogP) is 4.98. The van der Waals surface area contributed by atoms with Gasteiger partial charge in [0.1, 0.15) is 0 Å². The molecular weight excluding hydrogens is 292 g/mol. The second kappa shape index (κ2) is 7.41. The second-order valence-electron chi connectivity index (χ2n) is 4.52. The summed E-state index contributed by atoms with van der Waals surface area (Å²) < 4.78 is 0. The highest BCUT2D eigenvalue weighted by Crippen LogP contribution is 2.30.